The summed E-state index contributed by atoms with van der Waals surface area (Å²) < 4.78 is 22.3. The Morgan fingerprint density at radius 2 is 2.07 bits per heavy atom. The molecule has 3 aromatic rings. The number of nitrogens with two attached hydrogens (primary N) is 1. The van der Waals surface area contributed by atoms with Gasteiger partial charge in [0.1, 0.15) is 23.7 Å². The Labute approximate surface area is 167 Å². The van der Waals surface area contributed by atoms with Crippen LogP contribution in [0.15, 0.2) is 12.4 Å². The van der Waals surface area contributed by atoms with Gasteiger partial charge in [0.2, 0.25) is 0 Å². The average Bonchev–Trinajstić information content (AvgIpc) is 2.98. The minimum absolute atomic E-state index is 0.0404. The Hall–Kier alpha value is -2.45. The first-order chi connectivity index (χ1) is 13.3. The number of ether oxygens (including phenoxy) is 1. The summed E-state index contributed by atoms with van der Waals surface area (Å²) in [5.41, 5.74) is 8.63. The van der Waals surface area contributed by atoms with Crippen molar-refractivity contribution in [1.82, 2.24) is 24.6 Å². The number of aromatic nitrogens is 4. The van der Waals surface area contributed by atoms with E-state index in [9.17, 15) is 4.39 Å². The number of rotatable bonds is 4. The number of anilines is 1. The van der Waals surface area contributed by atoms with Gasteiger partial charge in [-0.05, 0) is 27.0 Å². The molecule has 0 bridgehead atoms. The van der Waals surface area contributed by atoms with Crippen molar-refractivity contribution in [3.63, 3.8) is 0 Å². The van der Waals surface area contributed by atoms with Gasteiger partial charge in [-0.25, -0.2) is 19.0 Å². The van der Waals surface area contributed by atoms with Crippen LogP contribution in [-0.4, -0.2) is 51.9 Å². The largest absolute Gasteiger partial charge is 0.496 e. The molecule has 9 heteroatoms. The molecule has 1 saturated heterocycles. The van der Waals surface area contributed by atoms with Crippen LogP contribution in [0, 0.1) is 12.7 Å². The summed E-state index contributed by atoms with van der Waals surface area (Å²) in [5.74, 6) is 0.512. The molecule has 3 heterocycles. The van der Waals surface area contributed by atoms with E-state index in [1.165, 1.54) is 6.33 Å². The zero-order chi connectivity index (χ0) is 20.2. The fourth-order valence-corrected chi connectivity index (χ4v) is 4.22. The lowest BCUT2D eigenvalue weighted by molar-refractivity contribution is 0.183. The zero-order valence-electron chi connectivity index (χ0n) is 16.2. The van der Waals surface area contributed by atoms with Crippen LogP contribution in [0.3, 0.4) is 0 Å². The van der Waals surface area contributed by atoms with E-state index in [4.69, 9.17) is 22.1 Å². The molecule has 28 heavy (non-hydrogen) atoms. The Morgan fingerprint density at radius 1 is 1.36 bits per heavy atom. The highest BCUT2D eigenvalue weighted by atomic mass is 35.5. The number of nitrogens with zero attached hydrogens (tertiary/aromatic N) is 5. The second-order valence-corrected chi connectivity index (χ2v) is 7.70. The number of halogens is 2. The second-order valence-electron chi connectivity index (χ2n) is 7.29. The molecule has 0 amide bonds. The van der Waals surface area contributed by atoms with Crippen LogP contribution in [0.4, 0.5) is 10.2 Å². The summed E-state index contributed by atoms with van der Waals surface area (Å²) in [5, 5.41) is 5.40. The highest BCUT2D eigenvalue weighted by molar-refractivity contribution is 6.31. The summed E-state index contributed by atoms with van der Waals surface area (Å²) in [4.78, 5) is 10.5. The summed E-state index contributed by atoms with van der Waals surface area (Å²) >= 11 is 6.27. The van der Waals surface area contributed by atoms with E-state index in [0.717, 1.165) is 24.3 Å². The molecule has 0 spiro atoms. The van der Waals surface area contributed by atoms with Gasteiger partial charge in [0, 0.05) is 30.1 Å². The normalized spacial score (nSPS) is 16.4. The third kappa shape index (κ3) is 2.79. The van der Waals surface area contributed by atoms with Gasteiger partial charge in [0.15, 0.2) is 5.65 Å². The first kappa shape index (κ1) is 18.9. The second kappa shape index (κ2) is 6.86. The summed E-state index contributed by atoms with van der Waals surface area (Å²) in [6.07, 6.45) is 1.41. The molecule has 0 saturated carbocycles. The predicted molar refractivity (Wildman–Crippen MR) is 106 cm³/mol. The average molecular weight is 405 g/mol. The van der Waals surface area contributed by atoms with E-state index in [2.05, 4.69) is 20.0 Å². The van der Waals surface area contributed by atoms with Gasteiger partial charge >= 0.3 is 0 Å². The first-order valence-electron chi connectivity index (χ1n) is 9.03. The van der Waals surface area contributed by atoms with Gasteiger partial charge in [-0.2, -0.15) is 5.10 Å². The maximum absolute atomic E-state index is 14.9. The highest BCUT2D eigenvalue weighted by Gasteiger charge is 2.34. The van der Waals surface area contributed by atoms with Crippen LogP contribution in [0.5, 0.6) is 5.75 Å². The maximum atomic E-state index is 14.9. The summed E-state index contributed by atoms with van der Waals surface area (Å²) in [6.45, 7) is 5.33. The Morgan fingerprint density at radius 3 is 2.71 bits per heavy atom. The van der Waals surface area contributed by atoms with Crippen LogP contribution in [0.25, 0.3) is 11.0 Å². The lowest BCUT2D eigenvalue weighted by Gasteiger charge is -2.38. The van der Waals surface area contributed by atoms with Crippen molar-refractivity contribution in [3.8, 4) is 5.75 Å². The third-order valence-corrected chi connectivity index (χ3v) is 5.70. The van der Waals surface area contributed by atoms with E-state index in [1.807, 2.05) is 20.9 Å². The number of likely N-dealkylation sites (N-methyl/N-ethyl adjacent to an activating group) is 1. The van der Waals surface area contributed by atoms with Gasteiger partial charge in [-0.15, -0.1) is 0 Å². The van der Waals surface area contributed by atoms with Crippen molar-refractivity contribution in [2.24, 2.45) is 0 Å². The molecular weight excluding hydrogens is 383 g/mol. The van der Waals surface area contributed by atoms with Crippen molar-refractivity contribution >= 4 is 28.5 Å². The first-order valence-corrected chi connectivity index (χ1v) is 9.40. The van der Waals surface area contributed by atoms with Gasteiger partial charge in [-0.3, -0.25) is 0 Å². The number of hydrogen-bond acceptors (Lipinski definition) is 6. The molecule has 4 rings (SSSR count). The van der Waals surface area contributed by atoms with Crippen LogP contribution < -0.4 is 10.5 Å². The quantitative estimate of drug-likeness (QED) is 0.719. The lowest BCUT2D eigenvalue weighted by atomic mass is 9.88. The highest BCUT2D eigenvalue weighted by Crippen LogP contribution is 2.43. The number of fused-ring (bicyclic) bond motifs is 1. The maximum Gasteiger partial charge on any atom is 0.164 e. The topological polar surface area (TPSA) is 82.1 Å². The summed E-state index contributed by atoms with van der Waals surface area (Å²) in [7, 11) is 3.55. The van der Waals surface area contributed by atoms with E-state index < -0.39 is 5.82 Å². The third-order valence-electron chi connectivity index (χ3n) is 5.42. The molecule has 7 nitrogen and oxygen atoms in total. The molecule has 1 aliphatic rings. The van der Waals surface area contributed by atoms with Crippen LogP contribution in [0.2, 0.25) is 5.02 Å². The molecule has 1 aliphatic heterocycles. The molecule has 1 fully saturated rings. The Balaban J connectivity index is 1.89. The monoisotopic (exact) mass is 404 g/mol. The smallest absolute Gasteiger partial charge is 0.164 e. The minimum Gasteiger partial charge on any atom is -0.496 e. The number of benzene rings is 1. The number of likely N-dealkylation sites (tertiary alicyclic amines) is 1. The van der Waals surface area contributed by atoms with Crippen molar-refractivity contribution in [2.45, 2.75) is 25.8 Å². The molecule has 2 aromatic heterocycles. The molecule has 0 radical (unpaired) electrons. The number of nitrogen functional groups attached to an aromatic ring is 1. The van der Waals surface area contributed by atoms with Crippen molar-refractivity contribution in [3.05, 3.63) is 40.1 Å². The number of methoxy groups -OCH3 is 1. The van der Waals surface area contributed by atoms with Crippen LogP contribution in [0.1, 0.15) is 35.7 Å². The molecular formula is C19H22ClFN6O. The minimum atomic E-state index is -0.416. The van der Waals surface area contributed by atoms with E-state index >= 15 is 0 Å². The fourth-order valence-electron chi connectivity index (χ4n) is 4.00. The number of aryl methyl sites for hydroxylation is 1. The molecule has 1 unspecified atom stereocenters. The van der Waals surface area contributed by atoms with Gasteiger partial charge in [-0.1, -0.05) is 11.6 Å². The molecule has 1 atom stereocenters. The zero-order valence-corrected chi connectivity index (χ0v) is 17.0. The van der Waals surface area contributed by atoms with Gasteiger partial charge in [0.05, 0.1) is 29.3 Å². The van der Waals surface area contributed by atoms with E-state index in [1.54, 1.807) is 17.9 Å². The van der Waals surface area contributed by atoms with Gasteiger partial charge < -0.3 is 15.4 Å². The standard InChI is InChI=1S/C19H22ClFN6O/c1-9-14-18(22)23-8-24-19(14)27(25-9)10(2)12-5-13(20)16(21)15(17(12)28-4)11-6-26(3)7-11/h5,8,10-11H,6-7H2,1-4H3,(H2,22,23,24). The fraction of sp³-hybridized carbons (Fsp3) is 0.421. The van der Waals surface area contributed by atoms with Crippen molar-refractivity contribution < 1.29 is 9.13 Å². The van der Waals surface area contributed by atoms with E-state index in [0.29, 0.717) is 28.2 Å². The SMILES string of the molecule is COc1c(C(C)n2nc(C)c3c(N)ncnc32)cc(Cl)c(F)c1C1CN(C)C1. The van der Waals surface area contributed by atoms with Crippen molar-refractivity contribution in [2.75, 3.05) is 33.0 Å². The van der Waals surface area contributed by atoms with Crippen LogP contribution in [-0.2, 0) is 0 Å². The summed E-state index contributed by atoms with van der Waals surface area (Å²) in [6, 6.07) is 1.31. The molecule has 2 N–H and O–H groups in total. The molecule has 0 aliphatic carbocycles. The molecule has 1 aromatic carbocycles. The number of hydrogen-bond donors (Lipinski definition) is 1. The Bertz CT molecular complexity index is 1060. The molecule has 148 valence electrons. The van der Waals surface area contributed by atoms with Crippen LogP contribution >= 0.6 is 11.6 Å². The van der Waals surface area contributed by atoms with Gasteiger partial charge in [0.25, 0.3) is 0 Å². The van der Waals surface area contributed by atoms with Crippen molar-refractivity contribution in [1.29, 1.82) is 0 Å². The predicted octanol–water partition coefficient (Wildman–Crippen LogP) is 3.16. The lowest BCUT2D eigenvalue weighted by Crippen LogP contribution is -2.42. The Kier molecular flexibility index (Phi) is 4.63. The van der Waals surface area contributed by atoms with E-state index in [-0.39, 0.29) is 17.0 Å².